The average Bonchev–Trinajstić information content (AvgIpc) is 2.43. The lowest BCUT2D eigenvalue weighted by Crippen LogP contribution is -2.17. The van der Waals surface area contributed by atoms with Gasteiger partial charge in [-0.25, -0.2) is 12.8 Å². The van der Waals surface area contributed by atoms with Gasteiger partial charge in [-0.05, 0) is 52.8 Å². The van der Waals surface area contributed by atoms with Crippen molar-refractivity contribution in [3.63, 3.8) is 0 Å². The van der Waals surface area contributed by atoms with Crippen LogP contribution in [0.1, 0.15) is 5.56 Å². The Morgan fingerprint density at radius 3 is 2.57 bits per heavy atom. The van der Waals surface area contributed by atoms with E-state index < -0.39 is 15.8 Å². The predicted octanol–water partition coefficient (Wildman–Crippen LogP) is 3.11. The SMILES string of the molecule is CNCc1ccccc1S(=O)(=O)Nc1ccc(Br)c(F)c1. The summed E-state index contributed by atoms with van der Waals surface area (Å²) in [7, 11) is -2.03. The second kappa shape index (κ2) is 6.55. The molecule has 0 fully saturated rings. The van der Waals surface area contributed by atoms with Crippen LogP contribution in [-0.2, 0) is 16.6 Å². The second-order valence-corrected chi connectivity index (χ2v) is 6.88. The molecule has 0 spiro atoms. The van der Waals surface area contributed by atoms with E-state index in [2.05, 4.69) is 26.0 Å². The van der Waals surface area contributed by atoms with E-state index in [1.54, 1.807) is 25.2 Å². The third-order valence-electron chi connectivity index (χ3n) is 2.80. The van der Waals surface area contributed by atoms with Gasteiger partial charge in [0.05, 0.1) is 15.1 Å². The molecule has 0 radical (unpaired) electrons. The van der Waals surface area contributed by atoms with E-state index in [1.165, 1.54) is 18.2 Å². The topological polar surface area (TPSA) is 58.2 Å². The number of anilines is 1. The molecule has 21 heavy (non-hydrogen) atoms. The number of nitrogens with one attached hydrogen (secondary N) is 2. The van der Waals surface area contributed by atoms with Crippen molar-refractivity contribution in [1.29, 1.82) is 0 Å². The van der Waals surface area contributed by atoms with Crippen LogP contribution in [0.2, 0.25) is 0 Å². The maximum atomic E-state index is 13.5. The van der Waals surface area contributed by atoms with Crippen LogP contribution in [0.3, 0.4) is 0 Å². The van der Waals surface area contributed by atoms with Crippen LogP contribution in [0.4, 0.5) is 10.1 Å². The van der Waals surface area contributed by atoms with E-state index in [9.17, 15) is 12.8 Å². The van der Waals surface area contributed by atoms with E-state index >= 15 is 0 Å². The Kier molecular flexibility index (Phi) is 4.97. The normalized spacial score (nSPS) is 11.4. The molecular formula is C14H14BrFN2O2S. The van der Waals surface area contributed by atoms with Gasteiger partial charge in [0.2, 0.25) is 0 Å². The van der Waals surface area contributed by atoms with Gasteiger partial charge in [-0.1, -0.05) is 18.2 Å². The van der Waals surface area contributed by atoms with Crippen LogP contribution in [0, 0.1) is 5.82 Å². The quantitative estimate of drug-likeness (QED) is 0.847. The van der Waals surface area contributed by atoms with E-state index in [-0.39, 0.29) is 15.1 Å². The fourth-order valence-electron chi connectivity index (χ4n) is 1.87. The van der Waals surface area contributed by atoms with Crippen LogP contribution in [0.5, 0.6) is 0 Å². The Morgan fingerprint density at radius 2 is 1.90 bits per heavy atom. The van der Waals surface area contributed by atoms with Crippen LogP contribution < -0.4 is 10.0 Å². The van der Waals surface area contributed by atoms with Gasteiger partial charge in [0.1, 0.15) is 5.82 Å². The first-order chi connectivity index (χ1) is 9.94. The summed E-state index contributed by atoms with van der Waals surface area (Å²) in [5, 5.41) is 2.92. The lowest BCUT2D eigenvalue weighted by atomic mass is 10.2. The molecule has 0 atom stereocenters. The molecule has 112 valence electrons. The molecule has 2 N–H and O–H groups in total. The van der Waals surface area contributed by atoms with E-state index in [0.29, 0.717) is 12.1 Å². The maximum absolute atomic E-state index is 13.5. The molecule has 0 amide bonds. The molecule has 2 rings (SSSR count). The lowest BCUT2D eigenvalue weighted by molar-refractivity contribution is 0.599. The van der Waals surface area contributed by atoms with Crippen molar-refractivity contribution in [3.05, 3.63) is 58.3 Å². The predicted molar refractivity (Wildman–Crippen MR) is 84.1 cm³/mol. The first-order valence-electron chi connectivity index (χ1n) is 6.14. The molecule has 0 bridgehead atoms. The maximum Gasteiger partial charge on any atom is 0.262 e. The number of sulfonamides is 1. The van der Waals surface area contributed by atoms with E-state index in [0.717, 1.165) is 6.07 Å². The highest BCUT2D eigenvalue weighted by Gasteiger charge is 2.18. The van der Waals surface area contributed by atoms with Crippen LogP contribution >= 0.6 is 15.9 Å². The summed E-state index contributed by atoms with van der Waals surface area (Å²) >= 11 is 3.03. The van der Waals surface area contributed by atoms with Crippen LogP contribution in [0.25, 0.3) is 0 Å². The molecule has 0 aliphatic rings. The average molecular weight is 373 g/mol. The smallest absolute Gasteiger partial charge is 0.262 e. The Labute approximate surface area is 131 Å². The zero-order valence-corrected chi connectivity index (χ0v) is 13.6. The lowest BCUT2D eigenvalue weighted by Gasteiger charge is -2.12. The van der Waals surface area contributed by atoms with Crippen molar-refractivity contribution < 1.29 is 12.8 Å². The number of halogens is 2. The molecule has 0 aliphatic carbocycles. The van der Waals surface area contributed by atoms with Gasteiger partial charge < -0.3 is 5.32 Å². The Bertz CT molecular complexity index is 750. The molecule has 0 saturated heterocycles. The molecule has 2 aromatic carbocycles. The van der Waals surface area contributed by atoms with Crippen molar-refractivity contribution in [2.75, 3.05) is 11.8 Å². The molecule has 0 saturated carbocycles. The first-order valence-corrected chi connectivity index (χ1v) is 8.42. The van der Waals surface area contributed by atoms with Crippen molar-refractivity contribution in [2.24, 2.45) is 0 Å². The van der Waals surface area contributed by atoms with Gasteiger partial charge in [-0.3, -0.25) is 4.72 Å². The number of hydrogen-bond donors (Lipinski definition) is 2. The zero-order chi connectivity index (χ0) is 15.5. The number of rotatable bonds is 5. The second-order valence-electron chi connectivity index (χ2n) is 4.37. The molecule has 7 heteroatoms. The fraction of sp³-hybridized carbons (Fsp3) is 0.143. The molecule has 2 aromatic rings. The van der Waals surface area contributed by atoms with Crippen molar-refractivity contribution in [2.45, 2.75) is 11.4 Å². The highest BCUT2D eigenvalue weighted by molar-refractivity contribution is 9.10. The molecule has 0 heterocycles. The molecular weight excluding hydrogens is 359 g/mol. The summed E-state index contributed by atoms with van der Waals surface area (Å²) < 4.78 is 41.0. The summed E-state index contributed by atoms with van der Waals surface area (Å²) in [6.07, 6.45) is 0. The van der Waals surface area contributed by atoms with Crippen LogP contribution in [0.15, 0.2) is 51.8 Å². The summed E-state index contributed by atoms with van der Waals surface area (Å²) in [6, 6.07) is 10.7. The largest absolute Gasteiger partial charge is 0.316 e. The van der Waals surface area contributed by atoms with Crippen molar-refractivity contribution >= 4 is 31.6 Å². The van der Waals surface area contributed by atoms with E-state index in [1.807, 2.05) is 0 Å². The Hall–Kier alpha value is -1.44. The van der Waals surface area contributed by atoms with Crippen LogP contribution in [-0.4, -0.2) is 15.5 Å². The molecule has 4 nitrogen and oxygen atoms in total. The first kappa shape index (κ1) is 15.9. The summed E-state index contributed by atoms with van der Waals surface area (Å²) in [4.78, 5) is 0.169. The summed E-state index contributed by atoms with van der Waals surface area (Å²) in [5.41, 5.74) is 0.819. The molecule has 0 unspecified atom stereocenters. The highest BCUT2D eigenvalue weighted by Crippen LogP contribution is 2.23. The van der Waals surface area contributed by atoms with E-state index in [4.69, 9.17) is 0 Å². The zero-order valence-electron chi connectivity index (χ0n) is 11.2. The Morgan fingerprint density at radius 1 is 1.19 bits per heavy atom. The third-order valence-corrected chi connectivity index (χ3v) is 4.93. The summed E-state index contributed by atoms with van der Waals surface area (Å²) in [5.74, 6) is -0.529. The minimum atomic E-state index is -3.77. The minimum absolute atomic E-state index is 0.169. The fourth-order valence-corrected chi connectivity index (χ4v) is 3.41. The van der Waals surface area contributed by atoms with Gasteiger partial charge >= 0.3 is 0 Å². The third kappa shape index (κ3) is 3.81. The number of hydrogen-bond acceptors (Lipinski definition) is 3. The number of benzene rings is 2. The Balaban J connectivity index is 2.36. The van der Waals surface area contributed by atoms with Gasteiger partial charge in [-0.15, -0.1) is 0 Å². The molecule has 0 aromatic heterocycles. The summed E-state index contributed by atoms with van der Waals surface area (Å²) in [6.45, 7) is 0.422. The van der Waals surface area contributed by atoms with Crippen molar-refractivity contribution in [3.8, 4) is 0 Å². The van der Waals surface area contributed by atoms with Gasteiger partial charge in [0, 0.05) is 6.54 Å². The monoisotopic (exact) mass is 372 g/mol. The van der Waals surface area contributed by atoms with Gasteiger partial charge in [0.15, 0.2) is 0 Å². The minimum Gasteiger partial charge on any atom is -0.316 e. The van der Waals surface area contributed by atoms with Crippen molar-refractivity contribution in [1.82, 2.24) is 5.32 Å². The van der Waals surface area contributed by atoms with Gasteiger partial charge in [0.25, 0.3) is 10.0 Å². The standard InChI is InChI=1S/C14H14BrFN2O2S/c1-17-9-10-4-2-3-5-14(10)21(19,20)18-11-6-7-12(15)13(16)8-11/h2-8,17-18H,9H2,1H3. The van der Waals surface area contributed by atoms with Gasteiger partial charge in [-0.2, -0.15) is 0 Å². The molecule has 0 aliphatic heterocycles. The highest BCUT2D eigenvalue weighted by atomic mass is 79.9.